The minimum absolute atomic E-state index is 0.209. The molecule has 0 bridgehead atoms. The molecule has 2 rings (SSSR count). The monoisotopic (exact) mass is 327 g/mol. The lowest BCUT2D eigenvalue weighted by atomic mass is 10.2. The molecule has 124 valence electrons. The molecule has 0 spiro atoms. The van der Waals surface area contributed by atoms with Crippen LogP contribution in [0.2, 0.25) is 0 Å². The molecule has 0 atom stereocenters. The Labute approximate surface area is 139 Å². The second kappa shape index (κ2) is 7.87. The first kappa shape index (κ1) is 17.1. The van der Waals surface area contributed by atoms with Crippen LogP contribution in [0.3, 0.4) is 0 Å². The largest absolute Gasteiger partial charge is 0.452 e. The van der Waals surface area contributed by atoms with E-state index in [9.17, 15) is 14.4 Å². The van der Waals surface area contributed by atoms with Gasteiger partial charge in [0.05, 0.1) is 5.56 Å². The molecule has 0 radical (unpaired) electrons. The van der Waals surface area contributed by atoms with Gasteiger partial charge in [0, 0.05) is 30.2 Å². The van der Waals surface area contributed by atoms with Crippen molar-refractivity contribution in [2.24, 2.45) is 0 Å². The third kappa shape index (κ3) is 5.20. The molecule has 1 heterocycles. The molecule has 0 fully saturated rings. The Morgan fingerprint density at radius 2 is 1.79 bits per heavy atom. The summed E-state index contributed by atoms with van der Waals surface area (Å²) in [4.78, 5) is 38.7. The molecule has 1 aromatic carbocycles. The van der Waals surface area contributed by atoms with Crippen LogP contribution >= 0.6 is 0 Å². The zero-order valence-corrected chi connectivity index (χ0v) is 13.3. The predicted molar refractivity (Wildman–Crippen MR) is 88.6 cm³/mol. The van der Waals surface area contributed by atoms with Gasteiger partial charge in [0.25, 0.3) is 5.91 Å². The summed E-state index contributed by atoms with van der Waals surface area (Å²) in [6.45, 7) is 2.78. The summed E-state index contributed by atoms with van der Waals surface area (Å²) >= 11 is 0. The summed E-state index contributed by atoms with van der Waals surface area (Å²) in [6.07, 6.45) is 1.40. The zero-order chi connectivity index (χ0) is 17.5. The average Bonchev–Trinajstić information content (AvgIpc) is 2.53. The van der Waals surface area contributed by atoms with Crippen molar-refractivity contribution in [3.63, 3.8) is 0 Å². The lowest BCUT2D eigenvalue weighted by Crippen LogP contribution is -2.21. The summed E-state index contributed by atoms with van der Waals surface area (Å²) in [5, 5.41) is 5.20. The Morgan fingerprint density at radius 1 is 1.08 bits per heavy atom. The van der Waals surface area contributed by atoms with Gasteiger partial charge in [0.2, 0.25) is 5.91 Å². The van der Waals surface area contributed by atoms with Crippen molar-refractivity contribution in [3.05, 3.63) is 53.9 Å². The fraction of sp³-hybridized carbons (Fsp3) is 0.176. The van der Waals surface area contributed by atoms with Crippen LogP contribution in [0.4, 0.5) is 11.4 Å². The Bertz CT molecular complexity index is 757. The van der Waals surface area contributed by atoms with Gasteiger partial charge in [-0.05, 0) is 37.3 Å². The van der Waals surface area contributed by atoms with Crippen molar-refractivity contribution >= 4 is 29.2 Å². The maximum Gasteiger partial charge on any atom is 0.340 e. The van der Waals surface area contributed by atoms with Crippen LogP contribution in [0.1, 0.15) is 23.0 Å². The highest BCUT2D eigenvalue weighted by Crippen LogP contribution is 2.15. The number of nitrogens with one attached hydrogen (secondary N) is 2. The summed E-state index contributed by atoms with van der Waals surface area (Å²) in [6, 6.07) is 9.91. The standard InChI is InChI=1S/C17H17N3O4/c1-11-6-7-13(9-18-11)17(23)24-10-16(22)20-15-5-3-4-14(8-15)19-12(2)21/h3-9H,10H2,1-2H3,(H,19,21)(H,20,22). The smallest absolute Gasteiger partial charge is 0.340 e. The summed E-state index contributed by atoms with van der Waals surface area (Å²) in [5.74, 6) is -1.31. The van der Waals surface area contributed by atoms with E-state index in [1.165, 1.54) is 13.1 Å². The first-order valence-corrected chi connectivity index (χ1v) is 7.21. The number of rotatable bonds is 5. The fourth-order valence-corrected chi connectivity index (χ4v) is 1.88. The molecule has 2 aromatic rings. The van der Waals surface area contributed by atoms with Crippen molar-refractivity contribution in [2.45, 2.75) is 13.8 Å². The van der Waals surface area contributed by atoms with Crippen LogP contribution < -0.4 is 10.6 Å². The number of hydrogen-bond donors (Lipinski definition) is 2. The molecule has 7 heteroatoms. The number of aryl methyl sites for hydroxylation is 1. The van der Waals surface area contributed by atoms with Crippen molar-refractivity contribution in [3.8, 4) is 0 Å². The minimum atomic E-state index is -0.621. The van der Waals surface area contributed by atoms with Gasteiger partial charge in [-0.3, -0.25) is 14.6 Å². The Kier molecular flexibility index (Phi) is 5.62. The van der Waals surface area contributed by atoms with E-state index >= 15 is 0 Å². The molecule has 0 saturated carbocycles. The van der Waals surface area contributed by atoms with Gasteiger partial charge in [0.15, 0.2) is 6.61 Å². The second-order valence-corrected chi connectivity index (χ2v) is 5.07. The van der Waals surface area contributed by atoms with E-state index in [0.29, 0.717) is 11.4 Å². The van der Waals surface area contributed by atoms with E-state index in [1.807, 2.05) is 0 Å². The van der Waals surface area contributed by atoms with Crippen LogP contribution in [0.25, 0.3) is 0 Å². The molecule has 2 amide bonds. The molecule has 24 heavy (non-hydrogen) atoms. The first-order chi connectivity index (χ1) is 11.4. The van der Waals surface area contributed by atoms with E-state index in [2.05, 4.69) is 15.6 Å². The topological polar surface area (TPSA) is 97.4 Å². The number of benzene rings is 1. The van der Waals surface area contributed by atoms with Gasteiger partial charge in [-0.25, -0.2) is 4.79 Å². The molecule has 1 aromatic heterocycles. The Morgan fingerprint density at radius 3 is 2.42 bits per heavy atom. The van der Waals surface area contributed by atoms with Crippen LogP contribution in [0, 0.1) is 6.92 Å². The van der Waals surface area contributed by atoms with E-state index in [0.717, 1.165) is 5.69 Å². The Hall–Kier alpha value is -3.22. The second-order valence-electron chi connectivity index (χ2n) is 5.07. The molecule has 7 nitrogen and oxygen atoms in total. The number of ether oxygens (including phenoxy) is 1. The number of amides is 2. The van der Waals surface area contributed by atoms with Crippen LogP contribution in [0.5, 0.6) is 0 Å². The van der Waals surface area contributed by atoms with Crippen molar-refractivity contribution in [1.29, 1.82) is 0 Å². The van der Waals surface area contributed by atoms with Gasteiger partial charge in [-0.2, -0.15) is 0 Å². The zero-order valence-electron chi connectivity index (χ0n) is 13.3. The number of anilines is 2. The van der Waals surface area contributed by atoms with Crippen molar-refractivity contribution < 1.29 is 19.1 Å². The number of carbonyl (C=O) groups excluding carboxylic acids is 3. The third-order valence-corrected chi connectivity index (χ3v) is 2.95. The molecule has 0 aliphatic rings. The van der Waals surface area contributed by atoms with Gasteiger partial charge in [-0.15, -0.1) is 0 Å². The highest BCUT2D eigenvalue weighted by Gasteiger charge is 2.11. The van der Waals surface area contributed by atoms with Crippen LogP contribution in [-0.4, -0.2) is 29.4 Å². The molecule has 2 N–H and O–H groups in total. The number of nitrogens with zero attached hydrogens (tertiary/aromatic N) is 1. The number of esters is 1. The summed E-state index contributed by atoms with van der Waals surface area (Å²) < 4.78 is 4.94. The maximum atomic E-state index is 11.8. The number of carbonyl (C=O) groups is 3. The first-order valence-electron chi connectivity index (χ1n) is 7.21. The van der Waals surface area contributed by atoms with Crippen molar-refractivity contribution in [2.75, 3.05) is 17.2 Å². The molecular formula is C17H17N3O4. The predicted octanol–water partition coefficient (Wildman–Crippen LogP) is 2.14. The highest BCUT2D eigenvalue weighted by atomic mass is 16.5. The van der Waals surface area contributed by atoms with Crippen LogP contribution in [-0.2, 0) is 14.3 Å². The Balaban J connectivity index is 1.88. The van der Waals surface area contributed by atoms with Gasteiger partial charge in [0.1, 0.15) is 0 Å². The third-order valence-electron chi connectivity index (χ3n) is 2.95. The molecule has 0 aliphatic heterocycles. The number of hydrogen-bond acceptors (Lipinski definition) is 5. The van der Waals surface area contributed by atoms with E-state index < -0.39 is 18.5 Å². The van der Waals surface area contributed by atoms with Crippen molar-refractivity contribution in [1.82, 2.24) is 4.98 Å². The SMILES string of the molecule is CC(=O)Nc1cccc(NC(=O)COC(=O)c2ccc(C)nc2)c1. The normalized spacial score (nSPS) is 9.92. The van der Waals surface area contributed by atoms with Gasteiger partial charge >= 0.3 is 5.97 Å². The summed E-state index contributed by atoms with van der Waals surface area (Å²) in [7, 11) is 0. The van der Waals surface area contributed by atoms with Gasteiger partial charge < -0.3 is 15.4 Å². The van der Waals surface area contributed by atoms with Gasteiger partial charge in [-0.1, -0.05) is 6.07 Å². The highest BCUT2D eigenvalue weighted by molar-refractivity contribution is 5.96. The molecular weight excluding hydrogens is 310 g/mol. The average molecular weight is 327 g/mol. The number of pyridine rings is 1. The lowest BCUT2D eigenvalue weighted by Gasteiger charge is -2.08. The quantitative estimate of drug-likeness (QED) is 0.820. The fourth-order valence-electron chi connectivity index (χ4n) is 1.88. The summed E-state index contributed by atoms with van der Waals surface area (Å²) in [5.41, 5.74) is 2.10. The van der Waals surface area contributed by atoms with Crippen LogP contribution in [0.15, 0.2) is 42.6 Å². The molecule has 0 saturated heterocycles. The van der Waals surface area contributed by atoms with E-state index in [4.69, 9.17) is 4.74 Å². The number of aromatic nitrogens is 1. The molecule has 0 unspecified atom stereocenters. The maximum absolute atomic E-state index is 11.8. The van der Waals surface area contributed by atoms with E-state index in [-0.39, 0.29) is 11.5 Å². The lowest BCUT2D eigenvalue weighted by molar-refractivity contribution is -0.119. The minimum Gasteiger partial charge on any atom is -0.452 e. The van der Waals surface area contributed by atoms with E-state index in [1.54, 1.807) is 43.3 Å². The molecule has 0 aliphatic carbocycles.